The van der Waals surface area contributed by atoms with E-state index in [9.17, 15) is 9.59 Å². The van der Waals surface area contributed by atoms with Crippen molar-refractivity contribution >= 4 is 11.9 Å². The molecule has 0 fully saturated rings. The summed E-state index contributed by atoms with van der Waals surface area (Å²) in [4.78, 5) is 20.3. The van der Waals surface area contributed by atoms with E-state index in [1.807, 2.05) is 0 Å². The van der Waals surface area contributed by atoms with Gasteiger partial charge < -0.3 is 15.3 Å². The molecule has 1 unspecified atom stereocenters. The van der Waals surface area contributed by atoms with E-state index in [2.05, 4.69) is 0 Å². The van der Waals surface area contributed by atoms with Gasteiger partial charge in [0.05, 0.1) is 12.5 Å². The van der Waals surface area contributed by atoms with Crippen LogP contribution in [0.15, 0.2) is 12.2 Å². The number of rotatable bonds is 8. The number of hydrogen-bond donors (Lipinski definition) is 3. The number of allylic oxidation sites excluding steroid dienone is 2. The van der Waals surface area contributed by atoms with Crippen LogP contribution in [0.25, 0.3) is 0 Å². The second kappa shape index (κ2) is 7.99. The zero-order chi connectivity index (χ0) is 11.7. The maximum Gasteiger partial charge on any atom is 0.305 e. The third kappa shape index (κ3) is 10.6. The average Bonchev–Trinajstić information content (AvgIpc) is 2.09. The van der Waals surface area contributed by atoms with Gasteiger partial charge in [0.15, 0.2) is 0 Å². The first-order valence-electron chi connectivity index (χ1n) is 4.79. The quantitative estimate of drug-likeness (QED) is 0.526. The van der Waals surface area contributed by atoms with E-state index in [4.69, 9.17) is 15.3 Å². The Bertz CT molecular complexity index is 234. The molecule has 0 bridgehead atoms. The molecule has 0 aliphatic heterocycles. The van der Waals surface area contributed by atoms with Crippen molar-refractivity contribution in [2.45, 2.75) is 38.2 Å². The van der Waals surface area contributed by atoms with Crippen molar-refractivity contribution in [1.29, 1.82) is 0 Å². The normalized spacial score (nSPS) is 12.9. The predicted molar refractivity (Wildman–Crippen MR) is 53.5 cm³/mol. The van der Waals surface area contributed by atoms with Gasteiger partial charge in [-0.1, -0.05) is 12.2 Å². The highest BCUT2D eigenvalue weighted by atomic mass is 16.4. The van der Waals surface area contributed by atoms with Crippen molar-refractivity contribution in [2.24, 2.45) is 0 Å². The first kappa shape index (κ1) is 13.6. The Hall–Kier alpha value is -1.36. The Morgan fingerprint density at radius 2 is 1.67 bits per heavy atom. The molecule has 86 valence electrons. The Morgan fingerprint density at radius 1 is 1.07 bits per heavy atom. The van der Waals surface area contributed by atoms with Crippen LogP contribution in [0.1, 0.15) is 32.1 Å². The largest absolute Gasteiger partial charge is 0.481 e. The fourth-order valence-electron chi connectivity index (χ4n) is 1.03. The molecule has 15 heavy (non-hydrogen) atoms. The third-order valence-electron chi connectivity index (χ3n) is 1.77. The van der Waals surface area contributed by atoms with Crippen LogP contribution in [0.5, 0.6) is 0 Å². The molecule has 0 saturated carbocycles. The standard InChI is InChI=1S/C10H16O5/c11-8(7-10(14)15)5-3-1-2-4-6-9(12)13/h1-2,8,11H,3-7H2,(H,12,13)(H,14,15)/b2-1+. The summed E-state index contributed by atoms with van der Waals surface area (Å²) < 4.78 is 0. The second-order valence-electron chi connectivity index (χ2n) is 3.23. The number of carbonyl (C=O) groups is 2. The maximum atomic E-state index is 10.2. The summed E-state index contributed by atoms with van der Waals surface area (Å²) >= 11 is 0. The van der Waals surface area contributed by atoms with Gasteiger partial charge in [0.1, 0.15) is 0 Å². The molecular weight excluding hydrogens is 200 g/mol. The maximum absolute atomic E-state index is 10.2. The van der Waals surface area contributed by atoms with E-state index in [1.54, 1.807) is 12.2 Å². The lowest BCUT2D eigenvalue weighted by Crippen LogP contribution is -2.12. The van der Waals surface area contributed by atoms with Crippen LogP contribution >= 0.6 is 0 Å². The smallest absolute Gasteiger partial charge is 0.305 e. The Kier molecular flexibility index (Phi) is 7.27. The van der Waals surface area contributed by atoms with Crippen LogP contribution in [0.4, 0.5) is 0 Å². The number of aliphatic hydroxyl groups excluding tert-OH is 1. The fraction of sp³-hybridized carbons (Fsp3) is 0.600. The van der Waals surface area contributed by atoms with Crippen molar-refractivity contribution in [3.05, 3.63) is 12.2 Å². The minimum Gasteiger partial charge on any atom is -0.481 e. The summed E-state index contributed by atoms with van der Waals surface area (Å²) in [5.74, 6) is -1.86. The molecule has 0 aromatic carbocycles. The number of aliphatic carboxylic acids is 2. The van der Waals surface area contributed by atoms with Gasteiger partial charge in [-0.3, -0.25) is 9.59 Å². The summed E-state index contributed by atoms with van der Waals surface area (Å²) in [6, 6.07) is 0. The molecule has 0 saturated heterocycles. The van der Waals surface area contributed by atoms with Crippen LogP contribution in [0.3, 0.4) is 0 Å². The van der Waals surface area contributed by atoms with Crippen LogP contribution in [0, 0.1) is 0 Å². The molecule has 0 spiro atoms. The van der Waals surface area contributed by atoms with Gasteiger partial charge in [0, 0.05) is 6.42 Å². The molecule has 0 aliphatic rings. The Balaban J connectivity index is 3.43. The summed E-state index contributed by atoms with van der Waals surface area (Å²) in [5, 5.41) is 25.8. The fourth-order valence-corrected chi connectivity index (χ4v) is 1.03. The molecule has 0 heterocycles. The molecule has 3 N–H and O–H groups in total. The first-order valence-corrected chi connectivity index (χ1v) is 4.79. The van der Waals surface area contributed by atoms with Crippen molar-refractivity contribution in [2.75, 3.05) is 0 Å². The van der Waals surface area contributed by atoms with Crippen molar-refractivity contribution in [1.82, 2.24) is 0 Å². The molecule has 0 aliphatic carbocycles. The van der Waals surface area contributed by atoms with E-state index < -0.39 is 18.0 Å². The SMILES string of the molecule is O=C(O)CC/C=C/CCC(O)CC(=O)O. The summed E-state index contributed by atoms with van der Waals surface area (Å²) in [6.07, 6.45) is 3.91. The lowest BCUT2D eigenvalue weighted by molar-refractivity contribution is -0.139. The number of carboxylic acids is 2. The number of aliphatic hydroxyl groups is 1. The third-order valence-corrected chi connectivity index (χ3v) is 1.77. The minimum absolute atomic E-state index is 0.0914. The summed E-state index contributed by atoms with van der Waals surface area (Å²) in [6.45, 7) is 0. The van der Waals surface area contributed by atoms with Gasteiger partial charge in [0.2, 0.25) is 0 Å². The lowest BCUT2D eigenvalue weighted by atomic mass is 10.1. The Morgan fingerprint density at radius 3 is 2.20 bits per heavy atom. The van der Waals surface area contributed by atoms with E-state index >= 15 is 0 Å². The summed E-state index contributed by atoms with van der Waals surface area (Å²) in [5.41, 5.74) is 0. The molecule has 0 aromatic rings. The van der Waals surface area contributed by atoms with Gasteiger partial charge in [-0.2, -0.15) is 0 Å². The highest BCUT2D eigenvalue weighted by Gasteiger charge is 2.07. The van der Waals surface area contributed by atoms with Crippen molar-refractivity contribution < 1.29 is 24.9 Å². The van der Waals surface area contributed by atoms with E-state index in [1.165, 1.54) is 0 Å². The van der Waals surface area contributed by atoms with Crippen LogP contribution < -0.4 is 0 Å². The number of hydrogen-bond acceptors (Lipinski definition) is 3. The molecule has 0 aromatic heterocycles. The molecular formula is C10H16O5. The molecule has 5 heteroatoms. The van der Waals surface area contributed by atoms with E-state index in [-0.39, 0.29) is 12.8 Å². The van der Waals surface area contributed by atoms with E-state index in [0.29, 0.717) is 19.3 Å². The van der Waals surface area contributed by atoms with Crippen LogP contribution in [0.2, 0.25) is 0 Å². The molecule has 1 atom stereocenters. The van der Waals surface area contributed by atoms with Gasteiger partial charge in [0.25, 0.3) is 0 Å². The zero-order valence-corrected chi connectivity index (χ0v) is 8.43. The van der Waals surface area contributed by atoms with Gasteiger partial charge >= 0.3 is 11.9 Å². The summed E-state index contributed by atoms with van der Waals surface area (Å²) in [7, 11) is 0. The predicted octanol–water partition coefficient (Wildman–Crippen LogP) is 1.02. The highest BCUT2D eigenvalue weighted by Crippen LogP contribution is 2.03. The van der Waals surface area contributed by atoms with Crippen LogP contribution in [-0.4, -0.2) is 33.4 Å². The zero-order valence-electron chi connectivity index (χ0n) is 8.43. The Labute approximate surface area is 88.0 Å². The van der Waals surface area contributed by atoms with Crippen molar-refractivity contribution in [3.63, 3.8) is 0 Å². The lowest BCUT2D eigenvalue weighted by Gasteiger charge is -2.04. The van der Waals surface area contributed by atoms with Gasteiger partial charge in [-0.15, -0.1) is 0 Å². The highest BCUT2D eigenvalue weighted by molar-refractivity contribution is 5.67. The monoisotopic (exact) mass is 216 g/mol. The molecule has 5 nitrogen and oxygen atoms in total. The number of carboxylic acid groups (broad SMARTS) is 2. The van der Waals surface area contributed by atoms with Crippen molar-refractivity contribution in [3.8, 4) is 0 Å². The topological polar surface area (TPSA) is 94.8 Å². The first-order chi connectivity index (χ1) is 7.02. The van der Waals surface area contributed by atoms with Gasteiger partial charge in [-0.05, 0) is 19.3 Å². The second-order valence-corrected chi connectivity index (χ2v) is 3.23. The van der Waals surface area contributed by atoms with Gasteiger partial charge in [-0.25, -0.2) is 0 Å². The molecule has 0 radical (unpaired) electrons. The van der Waals surface area contributed by atoms with Crippen LogP contribution in [-0.2, 0) is 9.59 Å². The molecule has 0 rings (SSSR count). The minimum atomic E-state index is -1.02. The van der Waals surface area contributed by atoms with E-state index in [0.717, 1.165) is 0 Å². The molecule has 0 amide bonds. The average molecular weight is 216 g/mol.